The second-order valence-corrected chi connectivity index (χ2v) is 4.98. The molecule has 0 fully saturated rings. The molecule has 0 unspecified atom stereocenters. The summed E-state index contributed by atoms with van der Waals surface area (Å²) in [6.07, 6.45) is 0. The molecule has 2 aliphatic rings. The highest BCUT2D eigenvalue weighted by molar-refractivity contribution is 5.75. The van der Waals surface area contributed by atoms with Crippen LogP contribution in [0.2, 0.25) is 0 Å². The van der Waals surface area contributed by atoms with Crippen molar-refractivity contribution in [1.29, 1.82) is 0 Å². The summed E-state index contributed by atoms with van der Waals surface area (Å²) >= 11 is 0. The van der Waals surface area contributed by atoms with Crippen molar-refractivity contribution >= 4 is 11.9 Å². The topological polar surface area (TPSA) is 76.1 Å². The standard InChI is InChI=1S/C14H20N6.2HI/c1-2-12(10-20-14-17-7-8-18-14)4-3-11(1)9-19-13-15-5-6-16-13;;/h1-4H,5-10H2,(H2,15,16,19)(H2,17,18,20);2*1H. The molecule has 0 atom stereocenters. The van der Waals surface area contributed by atoms with Crippen molar-refractivity contribution < 1.29 is 57.9 Å². The zero-order chi connectivity index (χ0) is 13.6. The first-order valence-corrected chi connectivity index (χ1v) is 7.15. The van der Waals surface area contributed by atoms with Crippen LogP contribution in [0.15, 0.2) is 24.3 Å². The van der Waals surface area contributed by atoms with Gasteiger partial charge < -0.3 is 48.0 Å². The summed E-state index contributed by atoms with van der Waals surface area (Å²) in [6, 6.07) is 8.67. The quantitative estimate of drug-likeness (QED) is 0.220. The SMILES string of the molecule is [I-].[I-].c1cc(CNC2=[NH+]CCN2)ccc1CNC1=[NH+]CCN1. The molecule has 0 bridgehead atoms. The number of hydrogen-bond acceptors (Lipinski definition) is 4. The zero-order valence-electron chi connectivity index (χ0n) is 12.3. The van der Waals surface area contributed by atoms with Crippen molar-refractivity contribution in [2.24, 2.45) is 0 Å². The van der Waals surface area contributed by atoms with Crippen LogP contribution in [0.5, 0.6) is 0 Å². The third-order valence-corrected chi connectivity index (χ3v) is 3.42. The molecule has 0 spiro atoms. The Morgan fingerprint density at radius 3 is 1.50 bits per heavy atom. The molecular formula is C14H22I2N6. The van der Waals surface area contributed by atoms with Crippen LogP contribution in [-0.4, -0.2) is 38.1 Å². The lowest BCUT2D eigenvalue weighted by atomic mass is 10.1. The molecule has 0 saturated carbocycles. The molecule has 6 nitrogen and oxygen atoms in total. The minimum absolute atomic E-state index is 0. The summed E-state index contributed by atoms with van der Waals surface area (Å²) in [5, 5.41) is 13.2. The van der Waals surface area contributed by atoms with Crippen LogP contribution in [0, 0.1) is 0 Å². The minimum Gasteiger partial charge on any atom is -1.00 e. The van der Waals surface area contributed by atoms with Crippen LogP contribution >= 0.6 is 0 Å². The lowest BCUT2D eigenvalue weighted by Crippen LogP contribution is -3.00. The van der Waals surface area contributed by atoms with Crippen molar-refractivity contribution in [2.45, 2.75) is 13.1 Å². The molecule has 1 aromatic rings. The van der Waals surface area contributed by atoms with E-state index in [2.05, 4.69) is 55.5 Å². The highest BCUT2D eigenvalue weighted by atomic mass is 127. The number of nitrogens with one attached hydrogen (secondary N) is 6. The van der Waals surface area contributed by atoms with Gasteiger partial charge in [0, 0.05) is 0 Å². The van der Waals surface area contributed by atoms with Crippen LogP contribution in [0.3, 0.4) is 0 Å². The Kier molecular flexibility index (Phi) is 8.83. The van der Waals surface area contributed by atoms with Crippen molar-refractivity contribution in [2.75, 3.05) is 26.2 Å². The van der Waals surface area contributed by atoms with Gasteiger partial charge in [0.2, 0.25) is 0 Å². The first-order chi connectivity index (χ1) is 9.90. The van der Waals surface area contributed by atoms with E-state index >= 15 is 0 Å². The van der Waals surface area contributed by atoms with Gasteiger partial charge in [-0.05, 0) is 11.1 Å². The lowest BCUT2D eigenvalue weighted by Gasteiger charge is -2.04. The largest absolute Gasteiger partial charge is 1.00 e. The summed E-state index contributed by atoms with van der Waals surface area (Å²) in [4.78, 5) is 6.52. The van der Waals surface area contributed by atoms with Gasteiger partial charge in [0.15, 0.2) is 0 Å². The average Bonchev–Trinajstić information content (AvgIpc) is 3.17. The molecule has 0 radical (unpaired) electrons. The van der Waals surface area contributed by atoms with Gasteiger partial charge in [0.25, 0.3) is 0 Å². The Labute approximate surface area is 165 Å². The summed E-state index contributed by atoms with van der Waals surface area (Å²) < 4.78 is 0. The van der Waals surface area contributed by atoms with Crippen LogP contribution in [-0.2, 0) is 13.1 Å². The molecule has 2 heterocycles. The Morgan fingerprint density at radius 2 is 1.18 bits per heavy atom. The lowest BCUT2D eigenvalue weighted by molar-refractivity contribution is -0.447. The van der Waals surface area contributed by atoms with Crippen molar-refractivity contribution in [3.8, 4) is 0 Å². The molecule has 8 heteroatoms. The van der Waals surface area contributed by atoms with Gasteiger partial charge >= 0.3 is 11.9 Å². The Morgan fingerprint density at radius 1 is 0.773 bits per heavy atom. The van der Waals surface area contributed by atoms with Crippen molar-refractivity contribution in [3.63, 3.8) is 0 Å². The van der Waals surface area contributed by atoms with Crippen LogP contribution in [0.4, 0.5) is 0 Å². The summed E-state index contributed by atoms with van der Waals surface area (Å²) in [5.74, 6) is 2.07. The molecule has 0 saturated heterocycles. The van der Waals surface area contributed by atoms with E-state index in [4.69, 9.17) is 0 Å². The summed E-state index contributed by atoms with van der Waals surface area (Å²) in [6.45, 7) is 5.65. The maximum atomic E-state index is 3.35. The van der Waals surface area contributed by atoms with Gasteiger partial charge in [0.1, 0.15) is 0 Å². The highest BCUT2D eigenvalue weighted by Crippen LogP contribution is 2.03. The predicted molar refractivity (Wildman–Crippen MR) is 77.8 cm³/mol. The zero-order valence-corrected chi connectivity index (χ0v) is 16.6. The van der Waals surface area contributed by atoms with E-state index < -0.39 is 0 Å². The number of hydrogen-bond donors (Lipinski definition) is 6. The van der Waals surface area contributed by atoms with Crippen LogP contribution in [0.25, 0.3) is 0 Å². The fourth-order valence-electron chi connectivity index (χ4n) is 2.28. The van der Waals surface area contributed by atoms with Crippen molar-refractivity contribution in [1.82, 2.24) is 21.3 Å². The Hall–Kier alpha value is -0.780. The van der Waals surface area contributed by atoms with Gasteiger partial charge in [0.05, 0.1) is 39.3 Å². The Bertz CT molecular complexity index is 468. The second kappa shape index (κ2) is 10.1. The van der Waals surface area contributed by atoms with Gasteiger partial charge in [-0.1, -0.05) is 24.3 Å². The molecule has 122 valence electrons. The first kappa shape index (κ1) is 19.3. The number of benzene rings is 1. The second-order valence-electron chi connectivity index (χ2n) is 4.98. The monoisotopic (exact) mass is 528 g/mol. The summed E-state index contributed by atoms with van der Waals surface area (Å²) in [7, 11) is 0. The number of guanidine groups is 2. The summed E-state index contributed by atoms with van der Waals surface area (Å²) in [5.41, 5.74) is 2.56. The third kappa shape index (κ3) is 5.78. The fourth-order valence-corrected chi connectivity index (χ4v) is 2.28. The minimum atomic E-state index is 0. The molecule has 0 aliphatic carbocycles. The van der Waals surface area contributed by atoms with E-state index in [0.717, 1.165) is 51.2 Å². The average molecular weight is 528 g/mol. The van der Waals surface area contributed by atoms with Gasteiger partial charge in [-0.3, -0.25) is 31.3 Å². The number of rotatable bonds is 4. The molecular weight excluding hydrogens is 506 g/mol. The third-order valence-electron chi connectivity index (χ3n) is 3.42. The highest BCUT2D eigenvalue weighted by Gasteiger charge is 2.11. The van der Waals surface area contributed by atoms with E-state index in [9.17, 15) is 0 Å². The van der Waals surface area contributed by atoms with Crippen molar-refractivity contribution in [3.05, 3.63) is 35.4 Å². The molecule has 0 amide bonds. The molecule has 22 heavy (non-hydrogen) atoms. The van der Waals surface area contributed by atoms with Gasteiger partial charge in [-0.25, -0.2) is 0 Å². The molecule has 6 N–H and O–H groups in total. The smallest absolute Gasteiger partial charge is 0.343 e. The molecule has 3 rings (SSSR count). The molecule has 2 aliphatic heterocycles. The molecule has 0 aromatic heterocycles. The maximum absolute atomic E-state index is 3.35. The predicted octanol–water partition coefficient (Wildman–Crippen LogP) is -10.0. The van der Waals surface area contributed by atoms with E-state index in [1.807, 2.05) is 0 Å². The van der Waals surface area contributed by atoms with E-state index in [-0.39, 0.29) is 48.0 Å². The molecule has 1 aromatic carbocycles. The van der Waals surface area contributed by atoms with E-state index in [1.54, 1.807) is 0 Å². The van der Waals surface area contributed by atoms with E-state index in [0.29, 0.717) is 0 Å². The van der Waals surface area contributed by atoms with Gasteiger partial charge in [-0.2, -0.15) is 0 Å². The maximum Gasteiger partial charge on any atom is 0.343 e. The van der Waals surface area contributed by atoms with Crippen LogP contribution in [0.1, 0.15) is 11.1 Å². The van der Waals surface area contributed by atoms with E-state index in [1.165, 1.54) is 11.1 Å². The first-order valence-electron chi connectivity index (χ1n) is 7.15. The Balaban J connectivity index is 0.00000121. The number of halogens is 2. The fraction of sp³-hybridized carbons (Fsp3) is 0.429. The normalized spacial score (nSPS) is 15.5. The van der Waals surface area contributed by atoms with Crippen LogP contribution < -0.4 is 79.2 Å². The van der Waals surface area contributed by atoms with Gasteiger partial charge in [-0.15, -0.1) is 0 Å².